The Labute approximate surface area is 251 Å². The van der Waals surface area contributed by atoms with Gasteiger partial charge in [-0.3, -0.25) is 14.2 Å². The summed E-state index contributed by atoms with van der Waals surface area (Å²) < 4.78 is 1.63. The average Bonchev–Trinajstić information content (AvgIpc) is 3.45. The largest absolute Gasteiger partial charge is 0.371 e. The third-order valence-electron chi connectivity index (χ3n) is 9.23. The van der Waals surface area contributed by atoms with Crippen LogP contribution >= 0.6 is 0 Å². The number of ketones is 1. The lowest BCUT2D eigenvalue weighted by atomic mass is 9.95. The van der Waals surface area contributed by atoms with Crippen molar-refractivity contribution in [3.05, 3.63) is 87.8 Å². The van der Waals surface area contributed by atoms with Crippen LogP contribution in [0.2, 0.25) is 0 Å². The molecule has 2 aromatic carbocycles. The highest BCUT2D eigenvalue weighted by molar-refractivity contribution is 6.06. The van der Waals surface area contributed by atoms with Gasteiger partial charge in [-0.1, -0.05) is 17.7 Å². The average molecular weight is 576 g/mol. The molecule has 0 spiro atoms. The molecule has 1 aliphatic carbocycles. The van der Waals surface area contributed by atoms with Gasteiger partial charge in [0, 0.05) is 79.5 Å². The molecule has 1 unspecified atom stereocenters. The fraction of sp³-hybridized carbons (Fsp3) is 0.353. The smallest absolute Gasteiger partial charge is 0.260 e. The predicted molar refractivity (Wildman–Crippen MR) is 173 cm³/mol. The molecule has 0 saturated carbocycles. The van der Waals surface area contributed by atoms with E-state index in [4.69, 9.17) is 4.98 Å². The Morgan fingerprint density at radius 3 is 2.42 bits per heavy atom. The monoisotopic (exact) mass is 575 g/mol. The summed E-state index contributed by atoms with van der Waals surface area (Å²) in [6, 6.07) is 17.1. The van der Waals surface area contributed by atoms with Crippen molar-refractivity contribution in [1.29, 1.82) is 0 Å². The van der Waals surface area contributed by atoms with Gasteiger partial charge < -0.3 is 20.0 Å². The number of hydrogen-bond donors (Lipinski definition) is 1. The summed E-state index contributed by atoms with van der Waals surface area (Å²) in [5.74, 6) is 0.313. The third kappa shape index (κ3) is 4.97. The Hall–Kier alpha value is -4.50. The Morgan fingerprint density at radius 1 is 0.907 bits per heavy atom. The zero-order valence-electron chi connectivity index (χ0n) is 25.0. The van der Waals surface area contributed by atoms with Crippen molar-refractivity contribution >= 4 is 45.4 Å². The summed E-state index contributed by atoms with van der Waals surface area (Å²) in [5.41, 5.74) is 6.81. The number of carbonyl (C=O) groups is 1. The highest BCUT2D eigenvalue weighted by Gasteiger charge is 2.34. The molecule has 0 bridgehead atoms. The number of para-hydroxylation sites is 1. The summed E-state index contributed by atoms with van der Waals surface area (Å²) in [5, 5.41) is 4.07. The number of pyridine rings is 1. The zero-order valence-corrected chi connectivity index (χ0v) is 25.0. The Bertz CT molecular complexity index is 1800. The van der Waals surface area contributed by atoms with Crippen LogP contribution in [-0.2, 0) is 0 Å². The molecule has 1 atom stereocenters. The molecule has 7 rings (SSSR count). The number of benzene rings is 2. The van der Waals surface area contributed by atoms with Gasteiger partial charge in [-0.2, -0.15) is 4.98 Å². The molecule has 4 aromatic rings. The van der Waals surface area contributed by atoms with Gasteiger partial charge in [0.05, 0.1) is 0 Å². The van der Waals surface area contributed by atoms with Gasteiger partial charge in [0.2, 0.25) is 5.95 Å². The maximum absolute atomic E-state index is 14.3. The fourth-order valence-corrected chi connectivity index (χ4v) is 6.73. The van der Waals surface area contributed by atoms with E-state index in [1.54, 1.807) is 10.8 Å². The molecule has 1 fully saturated rings. The standard InChI is InChI=1S/C34H37N7O2/c1-22-7-6-9-26(22)28-19-23-20-35-34(36-24-11-13-25(14-12-24)40-17-15-38(2)16-18-40)37-32(23)41(33(28)43)30-21-39(3)29-10-5-4-8-27(29)31(30)42/h4-5,8,10-14,19-20,30H,6-7,9,15-18,21H2,1-3H3,(H,35,36,37). The topological polar surface area (TPSA) is 86.6 Å². The summed E-state index contributed by atoms with van der Waals surface area (Å²) in [6.07, 6.45) is 4.64. The van der Waals surface area contributed by atoms with Crippen molar-refractivity contribution in [2.24, 2.45) is 0 Å². The van der Waals surface area contributed by atoms with Crippen LogP contribution < -0.4 is 20.7 Å². The Morgan fingerprint density at radius 2 is 1.67 bits per heavy atom. The molecule has 220 valence electrons. The van der Waals surface area contributed by atoms with Crippen LogP contribution in [0.15, 0.2) is 71.2 Å². The number of hydrogen-bond acceptors (Lipinski definition) is 8. The van der Waals surface area contributed by atoms with E-state index in [9.17, 15) is 9.59 Å². The first-order valence-corrected chi connectivity index (χ1v) is 15.1. The van der Waals surface area contributed by atoms with Crippen molar-refractivity contribution in [2.45, 2.75) is 32.2 Å². The first-order chi connectivity index (χ1) is 20.9. The van der Waals surface area contributed by atoms with E-state index in [0.29, 0.717) is 29.3 Å². The maximum atomic E-state index is 14.3. The van der Waals surface area contributed by atoms with Crippen molar-refractivity contribution in [3.63, 3.8) is 0 Å². The van der Waals surface area contributed by atoms with E-state index in [-0.39, 0.29) is 11.3 Å². The molecular weight excluding hydrogens is 538 g/mol. The summed E-state index contributed by atoms with van der Waals surface area (Å²) in [6.45, 7) is 6.60. The lowest BCUT2D eigenvalue weighted by Crippen LogP contribution is -2.44. The SMILES string of the molecule is CC1=C(c2cc3cnc(Nc4ccc(N5CCN(C)CC5)cc4)nc3n(C3CN(C)c4ccccc4C3=O)c2=O)CCC1. The molecule has 0 radical (unpaired) electrons. The van der Waals surface area contributed by atoms with E-state index in [2.05, 4.69) is 51.1 Å². The highest BCUT2D eigenvalue weighted by Crippen LogP contribution is 2.35. The number of allylic oxidation sites excluding steroid dienone is 2. The molecule has 1 N–H and O–H groups in total. The lowest BCUT2D eigenvalue weighted by molar-refractivity contribution is 0.0922. The molecule has 4 heterocycles. The number of likely N-dealkylation sites (N-methyl/N-ethyl adjacent to an activating group) is 2. The van der Waals surface area contributed by atoms with Crippen LogP contribution in [0.1, 0.15) is 48.1 Å². The van der Waals surface area contributed by atoms with Crippen LogP contribution in [0.5, 0.6) is 0 Å². The molecule has 43 heavy (non-hydrogen) atoms. The van der Waals surface area contributed by atoms with Crippen LogP contribution in [0.4, 0.5) is 23.0 Å². The summed E-state index contributed by atoms with van der Waals surface area (Å²) in [7, 11) is 4.12. The first kappa shape index (κ1) is 27.3. The maximum Gasteiger partial charge on any atom is 0.260 e. The van der Waals surface area contributed by atoms with Gasteiger partial charge in [-0.15, -0.1) is 0 Å². The summed E-state index contributed by atoms with van der Waals surface area (Å²) in [4.78, 5) is 44.6. The van der Waals surface area contributed by atoms with Crippen molar-refractivity contribution in [2.75, 3.05) is 61.9 Å². The Kier molecular flexibility index (Phi) is 6.97. The molecule has 2 aliphatic heterocycles. The van der Waals surface area contributed by atoms with Crippen molar-refractivity contribution < 1.29 is 4.79 Å². The lowest BCUT2D eigenvalue weighted by Gasteiger charge is -2.34. The molecule has 9 nitrogen and oxygen atoms in total. The number of rotatable bonds is 5. The molecule has 2 aromatic heterocycles. The predicted octanol–water partition coefficient (Wildman–Crippen LogP) is 5.12. The van der Waals surface area contributed by atoms with Crippen LogP contribution in [-0.4, -0.2) is 72.0 Å². The molecule has 9 heteroatoms. The second-order valence-corrected chi connectivity index (χ2v) is 12.1. The van der Waals surface area contributed by atoms with Gasteiger partial charge in [-0.05, 0) is 81.3 Å². The Balaban J connectivity index is 1.29. The van der Waals surface area contributed by atoms with E-state index in [1.165, 1.54) is 11.3 Å². The number of carbonyl (C=O) groups excluding carboxylic acids is 1. The number of Topliss-reactive ketones (excluding diaryl/α,β-unsaturated/α-hetero) is 1. The van der Waals surface area contributed by atoms with Gasteiger partial charge in [-0.25, -0.2) is 4.98 Å². The molecular formula is C34H37N7O2. The van der Waals surface area contributed by atoms with E-state index in [0.717, 1.165) is 67.8 Å². The number of nitrogens with zero attached hydrogens (tertiary/aromatic N) is 6. The number of fused-ring (bicyclic) bond motifs is 2. The van der Waals surface area contributed by atoms with Gasteiger partial charge in [0.1, 0.15) is 11.7 Å². The number of piperazine rings is 1. The minimum Gasteiger partial charge on any atom is -0.371 e. The normalized spacial score (nSPS) is 19.3. The fourth-order valence-electron chi connectivity index (χ4n) is 6.73. The van der Waals surface area contributed by atoms with Crippen molar-refractivity contribution in [3.8, 4) is 0 Å². The van der Waals surface area contributed by atoms with E-state index >= 15 is 0 Å². The number of aromatic nitrogens is 3. The highest BCUT2D eigenvalue weighted by atomic mass is 16.1. The number of nitrogens with one attached hydrogen (secondary N) is 1. The van der Waals surface area contributed by atoms with E-state index in [1.807, 2.05) is 49.5 Å². The quantitative estimate of drug-likeness (QED) is 0.351. The van der Waals surface area contributed by atoms with Gasteiger partial charge in [0.25, 0.3) is 5.56 Å². The minimum absolute atomic E-state index is 0.0704. The first-order valence-electron chi connectivity index (χ1n) is 15.1. The van der Waals surface area contributed by atoms with Crippen LogP contribution in [0, 0.1) is 0 Å². The van der Waals surface area contributed by atoms with Crippen LogP contribution in [0.25, 0.3) is 16.6 Å². The van der Waals surface area contributed by atoms with Gasteiger partial charge in [0.15, 0.2) is 5.78 Å². The second kappa shape index (κ2) is 11.0. The molecule has 1 saturated heterocycles. The van der Waals surface area contributed by atoms with E-state index < -0.39 is 6.04 Å². The summed E-state index contributed by atoms with van der Waals surface area (Å²) >= 11 is 0. The van der Waals surface area contributed by atoms with Crippen LogP contribution in [0.3, 0.4) is 0 Å². The van der Waals surface area contributed by atoms with Gasteiger partial charge >= 0.3 is 0 Å². The third-order valence-corrected chi connectivity index (χ3v) is 9.23. The van der Waals surface area contributed by atoms with Crippen molar-refractivity contribution in [1.82, 2.24) is 19.4 Å². The molecule has 0 amide bonds. The number of anilines is 4. The molecule has 3 aliphatic rings. The second-order valence-electron chi connectivity index (χ2n) is 12.1. The minimum atomic E-state index is -0.706. The zero-order chi connectivity index (χ0) is 29.7.